The molecule has 0 aliphatic heterocycles. The van der Waals surface area contributed by atoms with Crippen LogP contribution in [-0.2, 0) is 9.59 Å². The highest BCUT2D eigenvalue weighted by atomic mass is 19.4. The number of halogens is 13. The number of hydrogen-bond donors (Lipinski definition) is 2. The predicted molar refractivity (Wildman–Crippen MR) is 56.1 cm³/mol. The van der Waals surface area contributed by atoms with Crippen molar-refractivity contribution in [3.8, 4) is 0 Å². The molecule has 0 aromatic carbocycles. The molecule has 0 aromatic rings. The lowest BCUT2D eigenvalue weighted by molar-refractivity contribution is -0.436. The van der Waals surface area contributed by atoms with E-state index in [1.54, 1.807) is 0 Å². The zero-order chi connectivity index (χ0) is 22.3. The Morgan fingerprint density at radius 3 is 1.37 bits per heavy atom. The van der Waals surface area contributed by atoms with Crippen LogP contribution >= 0.6 is 0 Å². The molecule has 2 N–H and O–H groups in total. The Morgan fingerprint density at radius 2 is 1.04 bits per heavy atom. The molecule has 0 saturated carbocycles. The summed E-state index contributed by atoms with van der Waals surface area (Å²) in [5, 5.41) is 8.71. The summed E-state index contributed by atoms with van der Waals surface area (Å²) >= 11 is 0. The number of carboxylic acid groups (broad SMARTS) is 1. The standard InChI is InChI=1S/C10H6F13NO3/c11-5(12,4(27)24-2-1-3(25)26)6(13,14)7(15,16)8(17,18)9(19,20)10(21,22)23/h1-2H2,(H,24,27)(H,25,26). The number of alkyl halides is 13. The first-order chi connectivity index (χ1) is 11.6. The van der Waals surface area contributed by atoms with Crippen LogP contribution in [0.15, 0.2) is 0 Å². The zero-order valence-corrected chi connectivity index (χ0v) is 12.1. The van der Waals surface area contributed by atoms with Gasteiger partial charge >= 0.3 is 41.8 Å². The van der Waals surface area contributed by atoms with Crippen LogP contribution in [0.5, 0.6) is 0 Å². The topological polar surface area (TPSA) is 66.4 Å². The van der Waals surface area contributed by atoms with E-state index in [0.717, 1.165) is 0 Å². The summed E-state index contributed by atoms with van der Waals surface area (Å²) < 4.78 is 165. The van der Waals surface area contributed by atoms with Crippen molar-refractivity contribution in [2.45, 2.75) is 42.2 Å². The maximum atomic E-state index is 13.2. The number of carbonyl (C=O) groups excluding carboxylic acids is 1. The maximum absolute atomic E-state index is 13.2. The number of rotatable bonds is 8. The number of nitrogens with one attached hydrogen (secondary N) is 1. The largest absolute Gasteiger partial charge is 0.481 e. The quantitative estimate of drug-likeness (QED) is 0.576. The fraction of sp³-hybridized carbons (Fsp3) is 0.800. The van der Waals surface area contributed by atoms with E-state index in [1.165, 1.54) is 0 Å². The van der Waals surface area contributed by atoms with Gasteiger partial charge in [0.05, 0.1) is 6.42 Å². The van der Waals surface area contributed by atoms with Gasteiger partial charge in [-0.05, 0) is 0 Å². The van der Waals surface area contributed by atoms with E-state index >= 15 is 0 Å². The lowest BCUT2D eigenvalue weighted by Crippen LogP contribution is -2.72. The molecule has 0 saturated heterocycles. The molecule has 17 heteroatoms. The molecular formula is C10H6F13NO3. The predicted octanol–water partition coefficient (Wildman–Crippen LogP) is 3.32. The second kappa shape index (κ2) is 6.88. The van der Waals surface area contributed by atoms with Crippen molar-refractivity contribution < 1.29 is 71.8 Å². The number of carboxylic acids is 1. The van der Waals surface area contributed by atoms with Crippen LogP contribution in [0.25, 0.3) is 0 Å². The minimum absolute atomic E-state index is 0.615. The van der Waals surface area contributed by atoms with Crippen LogP contribution < -0.4 is 5.32 Å². The van der Waals surface area contributed by atoms with E-state index in [4.69, 9.17) is 5.11 Å². The third kappa shape index (κ3) is 3.85. The highest BCUT2D eigenvalue weighted by molar-refractivity contribution is 5.85. The summed E-state index contributed by atoms with van der Waals surface area (Å²) in [5.74, 6) is -44.1. The third-order valence-electron chi connectivity index (χ3n) is 2.84. The third-order valence-corrected chi connectivity index (χ3v) is 2.84. The normalized spacial score (nSPS) is 14.9. The molecule has 0 spiro atoms. The minimum Gasteiger partial charge on any atom is -0.481 e. The molecule has 0 bridgehead atoms. The van der Waals surface area contributed by atoms with E-state index < -0.39 is 60.6 Å². The SMILES string of the molecule is O=C(O)CCNC(=O)C(F)(F)C(F)(F)C(F)(F)C(F)(F)C(F)(F)C(F)(F)F. The van der Waals surface area contributed by atoms with E-state index in [2.05, 4.69) is 0 Å². The summed E-state index contributed by atoms with van der Waals surface area (Å²) in [6, 6.07) is 0. The summed E-state index contributed by atoms with van der Waals surface area (Å²) in [7, 11) is 0. The Morgan fingerprint density at radius 1 is 0.667 bits per heavy atom. The highest BCUT2D eigenvalue weighted by Crippen LogP contribution is 2.60. The Bertz CT molecular complexity index is 583. The number of hydrogen-bond acceptors (Lipinski definition) is 2. The summed E-state index contributed by atoms with van der Waals surface area (Å²) in [6.45, 7) is -1.42. The number of carbonyl (C=O) groups is 2. The molecule has 0 rings (SSSR count). The van der Waals surface area contributed by atoms with Crippen molar-refractivity contribution >= 4 is 11.9 Å². The average Bonchev–Trinajstić information content (AvgIpc) is 2.44. The molecule has 160 valence electrons. The molecule has 0 aliphatic rings. The fourth-order valence-electron chi connectivity index (χ4n) is 1.31. The monoisotopic (exact) mass is 435 g/mol. The van der Waals surface area contributed by atoms with Crippen LogP contribution in [0.4, 0.5) is 57.1 Å². The van der Waals surface area contributed by atoms with E-state index in [0.29, 0.717) is 5.32 Å². The molecule has 0 radical (unpaired) electrons. The van der Waals surface area contributed by atoms with Gasteiger partial charge in [0.15, 0.2) is 0 Å². The lowest BCUT2D eigenvalue weighted by Gasteiger charge is -2.39. The van der Waals surface area contributed by atoms with Crippen molar-refractivity contribution in [2.75, 3.05) is 6.54 Å². The molecule has 1 amide bonds. The first kappa shape index (κ1) is 25.0. The summed E-state index contributed by atoms with van der Waals surface area (Å²) in [6.07, 6.45) is -8.79. The Hall–Kier alpha value is -1.97. The smallest absolute Gasteiger partial charge is 0.460 e. The van der Waals surface area contributed by atoms with Gasteiger partial charge in [-0.15, -0.1) is 0 Å². The van der Waals surface area contributed by atoms with Crippen LogP contribution in [0.3, 0.4) is 0 Å². The van der Waals surface area contributed by atoms with Crippen LogP contribution in [0.1, 0.15) is 6.42 Å². The summed E-state index contributed by atoms with van der Waals surface area (Å²) in [5.41, 5.74) is 0. The first-order valence-corrected chi connectivity index (χ1v) is 6.05. The molecule has 4 nitrogen and oxygen atoms in total. The highest BCUT2D eigenvalue weighted by Gasteiger charge is 2.91. The van der Waals surface area contributed by atoms with E-state index in [-0.39, 0.29) is 0 Å². The van der Waals surface area contributed by atoms with E-state index in [9.17, 15) is 66.7 Å². The fourth-order valence-corrected chi connectivity index (χ4v) is 1.31. The zero-order valence-electron chi connectivity index (χ0n) is 12.1. The van der Waals surface area contributed by atoms with Crippen LogP contribution in [-0.4, -0.2) is 59.3 Å². The summed E-state index contributed by atoms with van der Waals surface area (Å²) in [4.78, 5) is 20.8. The molecular weight excluding hydrogens is 429 g/mol. The molecule has 0 atom stereocenters. The van der Waals surface area contributed by atoms with Gasteiger partial charge in [-0.1, -0.05) is 0 Å². The number of aliphatic carboxylic acids is 1. The first-order valence-electron chi connectivity index (χ1n) is 6.05. The molecule has 0 heterocycles. The maximum Gasteiger partial charge on any atom is 0.460 e. The van der Waals surface area contributed by atoms with Crippen molar-refractivity contribution in [3.05, 3.63) is 0 Å². The Labute approximate surface area is 139 Å². The average molecular weight is 435 g/mol. The molecule has 27 heavy (non-hydrogen) atoms. The lowest BCUT2D eigenvalue weighted by atomic mass is 9.93. The Balaban J connectivity index is 6.01. The van der Waals surface area contributed by atoms with Gasteiger partial charge in [-0.25, -0.2) is 0 Å². The second-order valence-electron chi connectivity index (χ2n) is 4.77. The van der Waals surface area contributed by atoms with Gasteiger partial charge < -0.3 is 10.4 Å². The van der Waals surface area contributed by atoms with Gasteiger partial charge in [0.25, 0.3) is 5.91 Å². The van der Waals surface area contributed by atoms with E-state index in [1.807, 2.05) is 0 Å². The number of amides is 1. The molecule has 0 aromatic heterocycles. The van der Waals surface area contributed by atoms with Crippen molar-refractivity contribution in [1.82, 2.24) is 5.32 Å². The van der Waals surface area contributed by atoms with Gasteiger partial charge in [0.1, 0.15) is 0 Å². The second-order valence-corrected chi connectivity index (χ2v) is 4.77. The van der Waals surface area contributed by atoms with Crippen LogP contribution in [0, 0.1) is 0 Å². The van der Waals surface area contributed by atoms with Crippen LogP contribution in [0.2, 0.25) is 0 Å². The van der Waals surface area contributed by atoms with Gasteiger partial charge in [-0.3, -0.25) is 9.59 Å². The van der Waals surface area contributed by atoms with Gasteiger partial charge in [0, 0.05) is 6.54 Å². The minimum atomic E-state index is -8.10. The van der Waals surface area contributed by atoms with Gasteiger partial charge in [-0.2, -0.15) is 57.1 Å². The molecule has 0 unspecified atom stereocenters. The van der Waals surface area contributed by atoms with Crippen molar-refractivity contribution in [1.29, 1.82) is 0 Å². The van der Waals surface area contributed by atoms with Crippen molar-refractivity contribution in [3.63, 3.8) is 0 Å². The van der Waals surface area contributed by atoms with Gasteiger partial charge in [0.2, 0.25) is 0 Å². The van der Waals surface area contributed by atoms with Crippen molar-refractivity contribution in [2.24, 2.45) is 0 Å². The molecule has 0 aliphatic carbocycles. The Kier molecular flexibility index (Phi) is 6.38. The molecule has 0 fully saturated rings.